The Morgan fingerprint density at radius 2 is 1.63 bits per heavy atom. The maximum absolute atomic E-state index is 12.9. The number of carbonyl (C=O) groups is 3. The molecule has 0 bridgehead atoms. The first kappa shape index (κ1) is 24.4. The maximum Gasteiger partial charge on any atom is 0.248 e. The Hall–Kier alpha value is -3.73. The molecular weight excluding hydrogens is 486 g/mol. The van der Waals surface area contributed by atoms with E-state index in [2.05, 4.69) is 5.32 Å². The summed E-state index contributed by atoms with van der Waals surface area (Å²) in [4.78, 5) is 39.2. The van der Waals surface area contributed by atoms with E-state index in [9.17, 15) is 22.8 Å². The van der Waals surface area contributed by atoms with Crippen LogP contribution in [0, 0.1) is 0 Å². The van der Waals surface area contributed by atoms with Crippen LogP contribution in [-0.2, 0) is 24.4 Å². The topological polar surface area (TPSA) is 127 Å². The monoisotopic (exact) mass is 507 g/mol. The van der Waals surface area contributed by atoms with Crippen molar-refractivity contribution in [1.82, 2.24) is 0 Å². The van der Waals surface area contributed by atoms with Crippen LogP contribution in [0.5, 0.6) is 0 Å². The molecule has 3 N–H and O–H groups in total. The lowest BCUT2D eigenvalue weighted by atomic mass is 10.2. The number of amides is 3. The lowest BCUT2D eigenvalue weighted by Crippen LogP contribution is -2.31. The number of thioether (sulfide) groups is 1. The quantitative estimate of drug-likeness (QED) is 0.373. The van der Waals surface area contributed by atoms with Gasteiger partial charge in [-0.25, -0.2) is 18.5 Å². The van der Waals surface area contributed by atoms with Crippen molar-refractivity contribution in [2.75, 3.05) is 10.2 Å². The molecule has 3 aromatic carbocycles. The average molecular weight is 508 g/mol. The highest BCUT2D eigenvalue weighted by Crippen LogP contribution is 2.34. The summed E-state index contributed by atoms with van der Waals surface area (Å²) in [6, 6.07) is 21.7. The fourth-order valence-electron chi connectivity index (χ4n) is 3.45. The molecule has 1 aliphatic heterocycles. The van der Waals surface area contributed by atoms with Crippen LogP contribution < -0.4 is 15.4 Å². The molecule has 4 rings (SSSR count). The fourth-order valence-corrected chi connectivity index (χ4v) is 5.02. The summed E-state index contributed by atoms with van der Waals surface area (Å²) in [6.07, 6.45) is 3.19. The molecule has 0 radical (unpaired) electrons. The van der Waals surface area contributed by atoms with Crippen LogP contribution in [0.3, 0.4) is 0 Å². The number of nitrogens with zero attached hydrogens (tertiary/aromatic N) is 1. The maximum atomic E-state index is 12.9. The summed E-state index contributed by atoms with van der Waals surface area (Å²) in [5.41, 5.74) is 1.80. The molecule has 0 saturated carbocycles. The van der Waals surface area contributed by atoms with E-state index in [-0.39, 0.29) is 34.7 Å². The van der Waals surface area contributed by atoms with Gasteiger partial charge in [0, 0.05) is 23.1 Å². The van der Waals surface area contributed by atoms with Crippen LogP contribution in [0.25, 0.3) is 6.08 Å². The van der Waals surface area contributed by atoms with Crippen LogP contribution in [0.4, 0.5) is 11.4 Å². The molecular formula is C25H21N3O5S2. The van der Waals surface area contributed by atoms with Crippen molar-refractivity contribution >= 4 is 57.0 Å². The van der Waals surface area contributed by atoms with E-state index in [4.69, 9.17) is 5.14 Å². The van der Waals surface area contributed by atoms with Gasteiger partial charge in [-0.05, 0) is 60.2 Å². The minimum atomic E-state index is -3.87. The third-order valence-electron chi connectivity index (χ3n) is 5.16. The van der Waals surface area contributed by atoms with E-state index in [0.717, 1.165) is 15.4 Å². The molecule has 0 aliphatic carbocycles. The number of anilines is 2. The molecule has 0 aromatic heterocycles. The molecule has 35 heavy (non-hydrogen) atoms. The van der Waals surface area contributed by atoms with Crippen molar-refractivity contribution in [1.29, 1.82) is 0 Å². The molecule has 1 aliphatic rings. The zero-order chi connectivity index (χ0) is 25.0. The normalized spacial score (nSPS) is 16.1. The molecule has 178 valence electrons. The van der Waals surface area contributed by atoms with Gasteiger partial charge >= 0.3 is 0 Å². The van der Waals surface area contributed by atoms with E-state index in [1.165, 1.54) is 42.1 Å². The summed E-state index contributed by atoms with van der Waals surface area (Å²) in [5, 5.41) is 7.25. The molecule has 1 unspecified atom stereocenters. The van der Waals surface area contributed by atoms with Gasteiger partial charge in [0.25, 0.3) is 0 Å². The van der Waals surface area contributed by atoms with Gasteiger partial charge in [0.05, 0.1) is 15.8 Å². The predicted octanol–water partition coefficient (Wildman–Crippen LogP) is 3.41. The Morgan fingerprint density at radius 3 is 2.26 bits per heavy atom. The van der Waals surface area contributed by atoms with Crippen molar-refractivity contribution in [2.45, 2.75) is 21.5 Å². The van der Waals surface area contributed by atoms with Crippen molar-refractivity contribution in [3.8, 4) is 0 Å². The molecule has 3 aromatic rings. The van der Waals surface area contributed by atoms with Gasteiger partial charge in [-0.1, -0.05) is 30.3 Å². The van der Waals surface area contributed by atoms with Crippen molar-refractivity contribution < 1.29 is 22.8 Å². The Kier molecular flexibility index (Phi) is 7.15. The Morgan fingerprint density at radius 1 is 0.971 bits per heavy atom. The first-order valence-corrected chi connectivity index (χ1v) is 12.9. The lowest BCUT2D eigenvalue weighted by molar-refractivity contribution is -0.121. The standard InChI is InChI=1S/C25H21N3O5S2/c26-35(32,33)21-13-9-19(10-14-21)28-24(30)16-22(25(28)31)34-20-11-7-18(8-12-20)27-23(29)15-6-17-4-2-1-3-5-17/h1-15,22H,16H2,(H,27,29)(H2,26,32,33)/b15-6+. The number of carbonyl (C=O) groups excluding carboxylic acids is 3. The summed E-state index contributed by atoms with van der Waals surface area (Å²) in [7, 11) is -3.87. The highest BCUT2D eigenvalue weighted by Gasteiger charge is 2.40. The number of hydrogen-bond donors (Lipinski definition) is 2. The van der Waals surface area contributed by atoms with E-state index < -0.39 is 15.3 Å². The number of nitrogens with one attached hydrogen (secondary N) is 1. The number of rotatable bonds is 7. The van der Waals surface area contributed by atoms with Gasteiger partial charge in [0.2, 0.25) is 27.7 Å². The van der Waals surface area contributed by atoms with Crippen molar-refractivity contribution in [3.05, 3.63) is 90.5 Å². The lowest BCUT2D eigenvalue weighted by Gasteiger charge is -2.15. The van der Waals surface area contributed by atoms with Gasteiger partial charge in [0.15, 0.2) is 0 Å². The van der Waals surface area contributed by atoms with Crippen LogP contribution in [-0.4, -0.2) is 31.4 Å². The molecule has 1 fully saturated rings. The summed E-state index contributed by atoms with van der Waals surface area (Å²) in [6.45, 7) is 0. The third-order valence-corrected chi connectivity index (χ3v) is 7.28. The number of sulfonamides is 1. The van der Waals surface area contributed by atoms with Crippen LogP contribution >= 0.6 is 11.8 Å². The Balaban J connectivity index is 1.37. The number of hydrogen-bond acceptors (Lipinski definition) is 6. The minimum absolute atomic E-state index is 0.0171. The van der Waals surface area contributed by atoms with Crippen molar-refractivity contribution in [2.24, 2.45) is 5.14 Å². The SMILES string of the molecule is NS(=O)(=O)c1ccc(N2C(=O)CC(Sc3ccc(NC(=O)/C=C/c4ccccc4)cc3)C2=O)cc1. The zero-order valence-electron chi connectivity index (χ0n) is 18.3. The van der Waals surface area contributed by atoms with E-state index in [1.54, 1.807) is 30.3 Å². The summed E-state index contributed by atoms with van der Waals surface area (Å²) in [5.74, 6) is -1.02. The zero-order valence-corrected chi connectivity index (χ0v) is 20.0. The van der Waals surface area contributed by atoms with Gasteiger partial charge in [-0.15, -0.1) is 11.8 Å². The number of benzene rings is 3. The molecule has 1 atom stereocenters. The van der Waals surface area contributed by atoms with Gasteiger partial charge < -0.3 is 5.32 Å². The largest absolute Gasteiger partial charge is 0.323 e. The molecule has 0 spiro atoms. The number of imide groups is 1. The fraction of sp³-hybridized carbons (Fsp3) is 0.0800. The molecule has 10 heteroatoms. The van der Waals surface area contributed by atoms with E-state index in [1.807, 2.05) is 30.3 Å². The second-order valence-electron chi connectivity index (χ2n) is 7.67. The summed E-state index contributed by atoms with van der Waals surface area (Å²) < 4.78 is 22.8. The van der Waals surface area contributed by atoms with E-state index >= 15 is 0 Å². The predicted molar refractivity (Wildman–Crippen MR) is 135 cm³/mol. The summed E-state index contributed by atoms with van der Waals surface area (Å²) >= 11 is 1.25. The second-order valence-corrected chi connectivity index (χ2v) is 10.5. The highest BCUT2D eigenvalue weighted by atomic mass is 32.2. The van der Waals surface area contributed by atoms with Gasteiger partial charge in [-0.3, -0.25) is 14.4 Å². The van der Waals surface area contributed by atoms with E-state index in [0.29, 0.717) is 5.69 Å². The molecule has 1 saturated heterocycles. The molecule has 1 heterocycles. The third kappa shape index (κ3) is 6.04. The minimum Gasteiger partial charge on any atom is -0.323 e. The van der Waals surface area contributed by atoms with Gasteiger partial charge in [-0.2, -0.15) is 0 Å². The average Bonchev–Trinajstić information content (AvgIpc) is 3.11. The molecule has 8 nitrogen and oxygen atoms in total. The van der Waals surface area contributed by atoms with Crippen LogP contribution in [0.2, 0.25) is 0 Å². The first-order valence-electron chi connectivity index (χ1n) is 10.5. The van der Waals surface area contributed by atoms with Gasteiger partial charge in [0.1, 0.15) is 0 Å². The number of nitrogens with two attached hydrogens (primary N) is 1. The van der Waals surface area contributed by atoms with Crippen LogP contribution in [0.1, 0.15) is 12.0 Å². The molecule has 3 amide bonds. The Bertz CT molecular complexity index is 1390. The Labute approximate surface area is 206 Å². The highest BCUT2D eigenvalue weighted by molar-refractivity contribution is 8.00. The second kappa shape index (κ2) is 10.3. The van der Waals surface area contributed by atoms with Crippen molar-refractivity contribution in [3.63, 3.8) is 0 Å². The van der Waals surface area contributed by atoms with Crippen LogP contribution in [0.15, 0.2) is 94.7 Å². The number of primary sulfonamides is 1. The smallest absolute Gasteiger partial charge is 0.248 e. The first-order chi connectivity index (χ1) is 16.7.